The Labute approximate surface area is 205 Å². The van der Waals surface area contributed by atoms with Crippen LogP contribution in [-0.2, 0) is 0 Å². The molecule has 1 aliphatic rings. The zero-order valence-electron chi connectivity index (χ0n) is 18.6. The maximum absolute atomic E-state index is 12.5. The van der Waals surface area contributed by atoms with Gasteiger partial charge in [-0.2, -0.15) is 0 Å². The molecule has 0 fully saturated rings. The molecule has 36 heavy (non-hydrogen) atoms. The number of imide groups is 1. The van der Waals surface area contributed by atoms with E-state index < -0.39 is 29.7 Å². The van der Waals surface area contributed by atoms with Crippen LogP contribution in [-0.4, -0.2) is 55.8 Å². The fourth-order valence-electron chi connectivity index (χ4n) is 3.41. The number of esters is 2. The summed E-state index contributed by atoms with van der Waals surface area (Å²) in [6.07, 6.45) is 0.507. The summed E-state index contributed by atoms with van der Waals surface area (Å²) in [5.74, 6) is -3.21. The number of fused-ring (bicyclic) bond motifs is 1. The van der Waals surface area contributed by atoms with Gasteiger partial charge < -0.3 is 19.6 Å². The summed E-state index contributed by atoms with van der Waals surface area (Å²) in [6.45, 7) is 0. The third-order valence-corrected chi connectivity index (χ3v) is 5.29. The lowest BCUT2D eigenvalue weighted by atomic mass is 10.0. The Morgan fingerprint density at radius 1 is 0.806 bits per heavy atom. The van der Waals surface area contributed by atoms with Crippen LogP contribution in [0.15, 0.2) is 60.7 Å². The predicted octanol–water partition coefficient (Wildman–Crippen LogP) is 1.98. The number of carbonyl (C=O) groups excluding carboxylic acids is 6. The average molecular weight is 482 g/mol. The molecule has 0 aliphatic carbocycles. The Morgan fingerprint density at radius 3 is 1.89 bits per heavy atom. The molecule has 0 bridgehead atoms. The summed E-state index contributed by atoms with van der Waals surface area (Å²) in [4.78, 5) is 72.4. The van der Waals surface area contributed by atoms with Gasteiger partial charge in [0.25, 0.3) is 5.91 Å². The SMILES string of the molecule is [B]N1C(=O)c2ccc(C(=O)Oc3ccc(OC(=O)c4ccc(C=O)c(C(=O)NC)c4)cc3)cc2C1=O. The smallest absolute Gasteiger partial charge is 0.343 e. The Bertz CT molecular complexity index is 1400. The highest BCUT2D eigenvalue weighted by Crippen LogP contribution is 2.24. The van der Waals surface area contributed by atoms with Gasteiger partial charge in [-0.1, -0.05) is 6.07 Å². The van der Waals surface area contributed by atoms with Crippen LogP contribution in [0.5, 0.6) is 11.5 Å². The molecule has 1 heterocycles. The quantitative estimate of drug-likeness (QED) is 0.185. The van der Waals surface area contributed by atoms with Crippen LogP contribution in [0.3, 0.4) is 0 Å². The molecule has 1 N–H and O–H groups in total. The predicted molar refractivity (Wildman–Crippen MR) is 124 cm³/mol. The number of nitrogens with one attached hydrogen (secondary N) is 1. The minimum absolute atomic E-state index is 0.0000364. The largest absolute Gasteiger partial charge is 0.423 e. The summed E-state index contributed by atoms with van der Waals surface area (Å²) in [6, 6.07) is 13.4. The van der Waals surface area contributed by atoms with Crippen molar-refractivity contribution in [2.45, 2.75) is 0 Å². The number of amides is 3. The topological polar surface area (TPSA) is 136 Å². The Kier molecular flexibility index (Phi) is 6.47. The highest BCUT2D eigenvalue weighted by Gasteiger charge is 2.32. The summed E-state index contributed by atoms with van der Waals surface area (Å²) >= 11 is 0. The third-order valence-electron chi connectivity index (χ3n) is 5.29. The summed E-state index contributed by atoms with van der Waals surface area (Å²) < 4.78 is 10.6. The lowest BCUT2D eigenvalue weighted by Crippen LogP contribution is -2.26. The van der Waals surface area contributed by atoms with E-state index in [-0.39, 0.29) is 44.9 Å². The molecule has 0 saturated heterocycles. The Morgan fingerprint density at radius 2 is 1.33 bits per heavy atom. The van der Waals surface area contributed by atoms with E-state index in [1.54, 1.807) is 0 Å². The monoisotopic (exact) mass is 482 g/mol. The Balaban J connectivity index is 1.44. The molecule has 3 aromatic carbocycles. The van der Waals surface area contributed by atoms with Crippen molar-refractivity contribution in [3.05, 3.63) is 94.0 Å². The van der Waals surface area contributed by atoms with Crippen LogP contribution >= 0.6 is 0 Å². The van der Waals surface area contributed by atoms with Crippen LogP contribution in [0.25, 0.3) is 0 Å². The first-order valence-corrected chi connectivity index (χ1v) is 10.4. The van der Waals surface area contributed by atoms with E-state index in [9.17, 15) is 28.8 Å². The van der Waals surface area contributed by atoms with Gasteiger partial charge in [0.2, 0.25) is 19.8 Å². The zero-order chi connectivity index (χ0) is 26.0. The molecule has 3 aromatic rings. The number of hydrogen-bond donors (Lipinski definition) is 1. The van der Waals surface area contributed by atoms with Crippen molar-refractivity contribution in [2.24, 2.45) is 0 Å². The van der Waals surface area contributed by atoms with E-state index in [1.807, 2.05) is 0 Å². The fraction of sp³-hybridized carbons (Fsp3) is 0.0400. The first-order valence-electron chi connectivity index (χ1n) is 10.4. The van der Waals surface area contributed by atoms with Gasteiger partial charge in [0, 0.05) is 12.6 Å². The maximum atomic E-state index is 12.5. The van der Waals surface area contributed by atoms with Crippen LogP contribution in [0.1, 0.15) is 62.1 Å². The van der Waals surface area contributed by atoms with Crippen molar-refractivity contribution >= 4 is 43.9 Å². The molecule has 176 valence electrons. The van der Waals surface area contributed by atoms with E-state index >= 15 is 0 Å². The molecule has 3 amide bonds. The molecule has 0 spiro atoms. The van der Waals surface area contributed by atoms with Crippen molar-refractivity contribution < 1.29 is 38.2 Å². The van der Waals surface area contributed by atoms with E-state index in [0.29, 0.717) is 11.1 Å². The second-order valence-electron chi connectivity index (χ2n) is 7.49. The third kappa shape index (κ3) is 4.49. The zero-order valence-corrected chi connectivity index (χ0v) is 18.6. The Hall–Kier alpha value is -5.06. The maximum Gasteiger partial charge on any atom is 0.343 e. The van der Waals surface area contributed by atoms with Crippen molar-refractivity contribution in [1.29, 1.82) is 0 Å². The second-order valence-corrected chi connectivity index (χ2v) is 7.49. The average Bonchev–Trinajstić information content (AvgIpc) is 3.12. The van der Waals surface area contributed by atoms with Crippen LogP contribution < -0.4 is 14.8 Å². The van der Waals surface area contributed by atoms with Crippen molar-refractivity contribution in [2.75, 3.05) is 7.05 Å². The lowest BCUT2D eigenvalue weighted by Gasteiger charge is -2.09. The molecule has 0 unspecified atom stereocenters. The number of rotatable bonds is 6. The highest BCUT2D eigenvalue weighted by molar-refractivity contribution is 6.36. The summed E-state index contributed by atoms with van der Waals surface area (Å²) in [5.41, 5.74) is 0.327. The molecular formula is C25H15BN2O8. The normalized spacial score (nSPS) is 12.1. The van der Waals surface area contributed by atoms with Gasteiger partial charge in [-0.05, 0) is 54.6 Å². The molecule has 0 saturated carbocycles. The first-order chi connectivity index (χ1) is 17.2. The standard InChI is InChI=1S/C25H15BN2O8/c1-27-21(30)19-10-13(2-3-15(19)12-29)24(33)35-16-5-7-17(8-6-16)36-25(34)14-4-9-18-20(11-14)23(32)28(26)22(18)31/h2-12H,1H3,(H,27,30). The number of ether oxygens (including phenoxy) is 2. The molecule has 1 aliphatic heterocycles. The van der Waals surface area contributed by atoms with Gasteiger partial charge >= 0.3 is 11.9 Å². The second kappa shape index (κ2) is 9.67. The van der Waals surface area contributed by atoms with Gasteiger partial charge in [-0.15, -0.1) is 0 Å². The number of carbonyl (C=O) groups is 6. The van der Waals surface area contributed by atoms with Crippen molar-refractivity contribution in [3.8, 4) is 11.5 Å². The van der Waals surface area contributed by atoms with Gasteiger partial charge in [-0.25, -0.2) is 9.59 Å². The van der Waals surface area contributed by atoms with Gasteiger partial charge in [0.05, 0.1) is 27.8 Å². The molecule has 0 atom stereocenters. The number of hydrogen-bond acceptors (Lipinski definition) is 8. The molecule has 4 rings (SSSR count). The fourth-order valence-corrected chi connectivity index (χ4v) is 3.41. The molecule has 0 aromatic heterocycles. The van der Waals surface area contributed by atoms with Crippen LogP contribution in [0.4, 0.5) is 0 Å². The lowest BCUT2D eigenvalue weighted by molar-refractivity contribution is 0.0719. The molecule has 10 nitrogen and oxygen atoms in total. The number of aldehydes is 1. The number of benzene rings is 3. The van der Waals surface area contributed by atoms with Crippen LogP contribution in [0.2, 0.25) is 0 Å². The minimum Gasteiger partial charge on any atom is -0.423 e. The number of nitrogens with zero attached hydrogens (tertiary/aromatic N) is 1. The summed E-state index contributed by atoms with van der Waals surface area (Å²) in [7, 11) is 6.80. The van der Waals surface area contributed by atoms with Gasteiger partial charge in [0.1, 0.15) is 11.5 Å². The van der Waals surface area contributed by atoms with Crippen molar-refractivity contribution in [1.82, 2.24) is 10.1 Å². The van der Waals surface area contributed by atoms with E-state index in [0.717, 1.165) is 0 Å². The van der Waals surface area contributed by atoms with E-state index in [2.05, 4.69) is 5.32 Å². The van der Waals surface area contributed by atoms with Gasteiger partial charge in [0.15, 0.2) is 6.29 Å². The molecular weight excluding hydrogens is 467 g/mol. The van der Waals surface area contributed by atoms with E-state index in [4.69, 9.17) is 17.5 Å². The highest BCUT2D eigenvalue weighted by atomic mass is 16.5. The van der Waals surface area contributed by atoms with Crippen LogP contribution in [0, 0.1) is 0 Å². The van der Waals surface area contributed by atoms with E-state index in [1.165, 1.54) is 67.7 Å². The first kappa shape index (κ1) is 24.1. The minimum atomic E-state index is -0.782. The summed E-state index contributed by atoms with van der Waals surface area (Å²) in [5, 5.41) is 2.39. The van der Waals surface area contributed by atoms with Gasteiger partial charge in [-0.3, -0.25) is 19.2 Å². The molecule has 2 radical (unpaired) electrons. The molecule has 11 heteroatoms. The van der Waals surface area contributed by atoms with Crippen molar-refractivity contribution in [3.63, 3.8) is 0 Å².